The molecule has 0 amide bonds. The molecular formula is C20H30N2O2P2. The highest BCUT2D eigenvalue weighted by atomic mass is 31.2. The van der Waals surface area contributed by atoms with Gasteiger partial charge in [-0.3, -0.25) is 9.13 Å². The van der Waals surface area contributed by atoms with Crippen molar-refractivity contribution >= 4 is 14.6 Å². The zero-order valence-corrected chi connectivity index (χ0v) is 18.9. The second-order valence-electron chi connectivity index (χ2n) is 7.02. The minimum absolute atomic E-state index is 0.0340. The van der Waals surface area contributed by atoms with Crippen molar-refractivity contribution in [3.05, 3.63) is 0 Å². The van der Waals surface area contributed by atoms with Crippen molar-refractivity contribution in [2.45, 2.75) is 79.6 Å². The molecule has 0 aliphatic heterocycles. The van der Waals surface area contributed by atoms with E-state index in [0.717, 1.165) is 0 Å². The Kier molecular flexibility index (Phi) is 9.55. The van der Waals surface area contributed by atoms with Crippen molar-refractivity contribution in [2.24, 2.45) is 0 Å². The van der Waals surface area contributed by atoms with E-state index in [9.17, 15) is 9.13 Å². The molecule has 26 heavy (non-hydrogen) atoms. The van der Waals surface area contributed by atoms with Crippen LogP contribution in [0.5, 0.6) is 0 Å². The van der Waals surface area contributed by atoms with Crippen LogP contribution >= 0.6 is 14.6 Å². The lowest BCUT2D eigenvalue weighted by atomic mass is 10.3. The van der Waals surface area contributed by atoms with Gasteiger partial charge in [-0.2, -0.15) is 0 Å². The SMILES string of the molecule is C#CP(=O)(C#CC#CP(=O)(C#C)N(C(C)C)C(C)C)N(C(C)C)C(C)C. The van der Waals surface area contributed by atoms with Crippen LogP contribution in [0.15, 0.2) is 0 Å². The zero-order chi connectivity index (χ0) is 20.7. The summed E-state index contributed by atoms with van der Waals surface area (Å²) in [6.07, 6.45) is 11.0. The Hall–Kier alpha value is -1.38. The summed E-state index contributed by atoms with van der Waals surface area (Å²) < 4.78 is 29.5. The van der Waals surface area contributed by atoms with Crippen molar-refractivity contribution < 1.29 is 9.13 Å². The van der Waals surface area contributed by atoms with E-state index in [4.69, 9.17) is 12.8 Å². The van der Waals surface area contributed by atoms with E-state index in [0.29, 0.717) is 0 Å². The highest BCUT2D eigenvalue weighted by molar-refractivity contribution is 7.72. The Morgan fingerprint density at radius 3 is 1.00 bits per heavy atom. The van der Waals surface area contributed by atoms with Gasteiger partial charge in [0.25, 0.3) is 14.6 Å². The van der Waals surface area contributed by atoms with E-state index >= 15 is 0 Å². The third-order valence-electron chi connectivity index (χ3n) is 3.59. The standard InChI is InChI=1S/C20H30N2O2P2/c1-11-25(23,21(17(3)4)18(5)6)15-13-14-16-26(24,12-2)22(19(7)8)20(9)10/h1-2,17-20H,3-10H3. The fourth-order valence-corrected chi connectivity index (χ4v) is 6.66. The maximum Gasteiger partial charge on any atom is 0.290 e. The van der Waals surface area contributed by atoms with Gasteiger partial charge in [-0.1, -0.05) is 0 Å². The second-order valence-corrected chi connectivity index (χ2v) is 11.2. The molecule has 142 valence electrons. The van der Waals surface area contributed by atoms with Crippen molar-refractivity contribution in [1.29, 1.82) is 0 Å². The molecule has 0 spiro atoms. The molecule has 0 bridgehead atoms. The molecule has 0 saturated carbocycles. The summed E-state index contributed by atoms with van der Waals surface area (Å²) in [5.74, 6) is 5.07. The van der Waals surface area contributed by atoms with Crippen LogP contribution < -0.4 is 0 Å². The number of hydrogen-bond donors (Lipinski definition) is 0. The lowest BCUT2D eigenvalue weighted by molar-refractivity contribution is 0.307. The minimum atomic E-state index is -3.33. The number of rotatable bonds is 6. The minimum Gasteiger partial charge on any atom is -0.278 e. The van der Waals surface area contributed by atoms with Crippen LogP contribution in [0.25, 0.3) is 0 Å². The van der Waals surface area contributed by atoms with Gasteiger partial charge in [-0.15, -0.1) is 12.8 Å². The van der Waals surface area contributed by atoms with Crippen LogP contribution in [0.3, 0.4) is 0 Å². The van der Waals surface area contributed by atoms with Crippen LogP contribution in [0, 0.1) is 47.3 Å². The first-order valence-electron chi connectivity index (χ1n) is 8.64. The van der Waals surface area contributed by atoms with Crippen molar-refractivity contribution in [1.82, 2.24) is 9.34 Å². The third-order valence-corrected chi connectivity index (χ3v) is 8.27. The van der Waals surface area contributed by atoms with E-state index in [1.165, 1.54) is 0 Å². The molecule has 6 heteroatoms. The highest BCUT2D eigenvalue weighted by Gasteiger charge is 2.32. The molecule has 0 N–H and O–H groups in total. The van der Waals surface area contributed by atoms with Crippen LogP contribution in [-0.2, 0) is 9.13 Å². The second kappa shape index (κ2) is 10.1. The highest BCUT2D eigenvalue weighted by Crippen LogP contribution is 2.51. The molecule has 0 saturated heterocycles. The first-order chi connectivity index (χ1) is 11.9. The van der Waals surface area contributed by atoms with Gasteiger partial charge >= 0.3 is 0 Å². The quantitative estimate of drug-likeness (QED) is 0.477. The normalized spacial score (nSPS) is 15.7. The molecule has 0 aliphatic rings. The maximum atomic E-state index is 13.0. The Morgan fingerprint density at radius 2 is 0.846 bits per heavy atom. The average molecular weight is 392 g/mol. The van der Waals surface area contributed by atoms with Gasteiger partial charge in [-0.05, 0) is 78.6 Å². The Morgan fingerprint density at radius 1 is 0.615 bits per heavy atom. The summed E-state index contributed by atoms with van der Waals surface area (Å²) in [6.45, 7) is 15.3. The first kappa shape index (κ1) is 24.6. The number of terminal acetylenes is 2. The maximum absolute atomic E-state index is 13.0. The van der Waals surface area contributed by atoms with Gasteiger partial charge in [0.15, 0.2) is 0 Å². The summed E-state index contributed by atoms with van der Waals surface area (Å²) in [5, 5.41) is 0. The topological polar surface area (TPSA) is 40.6 Å². The lowest BCUT2D eigenvalue weighted by Gasteiger charge is -2.32. The smallest absolute Gasteiger partial charge is 0.278 e. The fourth-order valence-electron chi connectivity index (χ4n) is 3.01. The molecular weight excluding hydrogens is 362 g/mol. The number of nitrogens with zero attached hydrogens (tertiary/aromatic N) is 2. The van der Waals surface area contributed by atoms with Crippen LogP contribution in [-0.4, -0.2) is 33.5 Å². The van der Waals surface area contributed by atoms with Crippen molar-refractivity contribution in [3.63, 3.8) is 0 Å². The molecule has 0 aromatic carbocycles. The molecule has 0 aromatic rings. The number of hydrogen-bond acceptors (Lipinski definition) is 2. The molecule has 4 nitrogen and oxygen atoms in total. The molecule has 0 aliphatic carbocycles. The lowest BCUT2D eigenvalue weighted by Crippen LogP contribution is -2.33. The van der Waals surface area contributed by atoms with Gasteiger partial charge in [0.1, 0.15) is 0 Å². The molecule has 0 aromatic heterocycles. The van der Waals surface area contributed by atoms with E-state index in [1.54, 1.807) is 9.34 Å². The predicted octanol–water partition coefficient (Wildman–Crippen LogP) is 4.88. The van der Waals surface area contributed by atoms with Crippen molar-refractivity contribution in [3.8, 4) is 47.3 Å². The van der Waals surface area contributed by atoms with Crippen LogP contribution in [0.4, 0.5) is 0 Å². The van der Waals surface area contributed by atoms with Gasteiger partial charge in [-0.25, -0.2) is 9.34 Å². The molecule has 0 radical (unpaired) electrons. The van der Waals surface area contributed by atoms with E-state index in [-0.39, 0.29) is 24.2 Å². The zero-order valence-electron chi connectivity index (χ0n) is 17.1. The van der Waals surface area contributed by atoms with Crippen LogP contribution in [0.2, 0.25) is 0 Å². The average Bonchev–Trinajstić information content (AvgIpc) is 2.50. The largest absolute Gasteiger partial charge is 0.290 e. The first-order valence-corrected chi connectivity index (χ1v) is 12.0. The monoisotopic (exact) mass is 392 g/mol. The molecule has 0 heterocycles. The van der Waals surface area contributed by atoms with Gasteiger partial charge in [0, 0.05) is 35.5 Å². The summed E-state index contributed by atoms with van der Waals surface area (Å²) in [7, 11) is -6.66. The van der Waals surface area contributed by atoms with Gasteiger partial charge in [0.05, 0.1) is 0 Å². The van der Waals surface area contributed by atoms with Gasteiger partial charge in [0.2, 0.25) is 0 Å². The predicted molar refractivity (Wildman–Crippen MR) is 113 cm³/mol. The van der Waals surface area contributed by atoms with Crippen molar-refractivity contribution in [2.75, 3.05) is 0 Å². The molecule has 0 rings (SSSR count). The van der Waals surface area contributed by atoms with E-state index in [2.05, 4.69) is 34.5 Å². The molecule has 2 atom stereocenters. The summed E-state index contributed by atoms with van der Waals surface area (Å²) >= 11 is 0. The summed E-state index contributed by atoms with van der Waals surface area (Å²) in [5.41, 5.74) is 9.90. The fraction of sp³-hybridized carbons (Fsp3) is 0.600. The molecule has 0 fully saturated rings. The summed E-state index contributed by atoms with van der Waals surface area (Å²) in [6, 6.07) is -0.136. The summed E-state index contributed by atoms with van der Waals surface area (Å²) in [4.78, 5) is 0. The van der Waals surface area contributed by atoms with Crippen LogP contribution in [0.1, 0.15) is 55.4 Å². The molecule has 2 unspecified atom stereocenters. The Bertz CT molecular complexity index is 706. The van der Waals surface area contributed by atoms with Gasteiger partial charge < -0.3 is 0 Å². The third kappa shape index (κ3) is 6.10. The van der Waals surface area contributed by atoms with E-state index in [1.807, 2.05) is 55.4 Å². The Labute approximate surface area is 160 Å². The van der Waals surface area contributed by atoms with E-state index < -0.39 is 14.6 Å². The Balaban J connectivity index is 5.97.